The monoisotopic (exact) mass is 338 g/mol. The molecule has 0 radical (unpaired) electrons. The fourth-order valence-electron chi connectivity index (χ4n) is 3.39. The first-order chi connectivity index (χ1) is 11.6. The molecular weight excluding hydrogens is 324 g/mol. The van der Waals surface area contributed by atoms with Crippen molar-refractivity contribution in [3.63, 3.8) is 0 Å². The lowest BCUT2D eigenvalue weighted by atomic mass is 9.88. The van der Waals surface area contributed by atoms with E-state index in [2.05, 4.69) is 10.6 Å². The number of carbonyl (C=O) groups is 1. The van der Waals surface area contributed by atoms with Crippen LogP contribution >= 0.6 is 11.8 Å². The molecule has 0 amide bonds. The molecule has 0 N–H and O–H groups in total. The number of carbonyl (C=O) groups excluding carboxylic acids is 1. The Balaban J connectivity index is 1.91. The van der Waals surface area contributed by atoms with Gasteiger partial charge in [-0.2, -0.15) is 0 Å². The second-order valence-electron chi connectivity index (χ2n) is 5.87. The molecule has 4 rings (SSSR count). The van der Waals surface area contributed by atoms with E-state index >= 15 is 0 Å². The highest BCUT2D eigenvalue weighted by molar-refractivity contribution is 8.13. The molecule has 0 saturated carbocycles. The van der Waals surface area contributed by atoms with E-state index in [0.29, 0.717) is 6.42 Å². The molecule has 24 heavy (non-hydrogen) atoms. The largest absolute Gasteiger partial charge is 0.338 e. The van der Waals surface area contributed by atoms with Gasteiger partial charge in [0.15, 0.2) is 5.12 Å². The summed E-state index contributed by atoms with van der Waals surface area (Å²) in [6.45, 7) is 0. The highest BCUT2D eigenvalue weighted by Crippen LogP contribution is 2.46. The minimum absolute atomic E-state index is 0.0633. The Labute approximate surface area is 142 Å². The Morgan fingerprint density at radius 3 is 2.58 bits per heavy atom. The molecule has 2 heterocycles. The average molecular weight is 338 g/mol. The second kappa shape index (κ2) is 5.49. The molecule has 3 aromatic rings. The maximum absolute atomic E-state index is 12.3. The van der Waals surface area contributed by atoms with Crippen molar-refractivity contribution in [3.05, 3.63) is 69.8 Å². The van der Waals surface area contributed by atoms with Gasteiger partial charge in [0.05, 0.1) is 9.95 Å². The fraction of sp³-hybridized carbons (Fsp3) is 0.167. The number of fused-ring (bicyclic) bond motifs is 3. The molecule has 0 spiro atoms. The van der Waals surface area contributed by atoms with Gasteiger partial charge in [-0.3, -0.25) is 14.9 Å². The van der Waals surface area contributed by atoms with Crippen LogP contribution in [-0.2, 0) is 11.8 Å². The lowest BCUT2D eigenvalue weighted by Gasteiger charge is -2.23. The fourth-order valence-corrected chi connectivity index (χ4v) is 4.45. The number of rotatable bonds is 2. The number of aromatic nitrogens is 1. The zero-order chi connectivity index (χ0) is 16.8. The van der Waals surface area contributed by atoms with Crippen molar-refractivity contribution in [3.8, 4) is 0 Å². The SMILES string of the molecule is Cn1c2c(c3ccccc31)[C@@H](c1ccc([N+](=O)[O-])cc1)CC(=O)S2. The predicted molar refractivity (Wildman–Crippen MR) is 93.3 cm³/mol. The highest BCUT2D eigenvalue weighted by Gasteiger charge is 2.32. The number of para-hydroxylation sites is 1. The third kappa shape index (κ3) is 2.22. The first-order valence-electron chi connectivity index (χ1n) is 7.58. The molecular formula is C18H14N2O3S. The van der Waals surface area contributed by atoms with Crippen molar-refractivity contribution in [2.75, 3.05) is 0 Å². The average Bonchev–Trinajstić information content (AvgIpc) is 2.87. The number of benzene rings is 2. The molecule has 1 aliphatic rings. The van der Waals surface area contributed by atoms with Crippen LogP contribution in [0.1, 0.15) is 23.5 Å². The van der Waals surface area contributed by atoms with E-state index in [1.54, 1.807) is 12.1 Å². The summed E-state index contributed by atoms with van der Waals surface area (Å²) in [6.07, 6.45) is 0.406. The quantitative estimate of drug-likeness (QED) is 0.518. The molecule has 6 heteroatoms. The maximum atomic E-state index is 12.3. The number of non-ortho nitro benzene ring substituents is 1. The summed E-state index contributed by atoms with van der Waals surface area (Å²) in [5.74, 6) is -0.0688. The van der Waals surface area contributed by atoms with Gasteiger partial charge in [0.1, 0.15) is 0 Å². The van der Waals surface area contributed by atoms with Gasteiger partial charge in [0.2, 0.25) is 0 Å². The minimum Gasteiger partial charge on any atom is -0.338 e. The summed E-state index contributed by atoms with van der Waals surface area (Å²) in [5.41, 5.74) is 3.24. The summed E-state index contributed by atoms with van der Waals surface area (Å²) in [6, 6.07) is 14.6. The molecule has 1 aromatic heterocycles. The van der Waals surface area contributed by atoms with E-state index < -0.39 is 4.92 Å². The number of thioether (sulfide) groups is 1. The van der Waals surface area contributed by atoms with E-state index in [9.17, 15) is 14.9 Å². The molecule has 120 valence electrons. The van der Waals surface area contributed by atoms with E-state index in [4.69, 9.17) is 0 Å². The summed E-state index contributed by atoms with van der Waals surface area (Å²) in [4.78, 5) is 22.7. The third-order valence-electron chi connectivity index (χ3n) is 4.53. The van der Waals surface area contributed by atoms with Crippen molar-refractivity contribution in [1.82, 2.24) is 4.57 Å². The minimum atomic E-state index is -0.408. The van der Waals surface area contributed by atoms with Crippen LogP contribution in [0.3, 0.4) is 0 Å². The van der Waals surface area contributed by atoms with Crippen molar-refractivity contribution in [2.24, 2.45) is 7.05 Å². The number of hydrogen-bond donors (Lipinski definition) is 0. The number of nitro benzene ring substituents is 1. The lowest BCUT2D eigenvalue weighted by Crippen LogP contribution is -2.13. The van der Waals surface area contributed by atoms with Crippen LogP contribution in [0.25, 0.3) is 10.9 Å². The van der Waals surface area contributed by atoms with Crippen LogP contribution in [0.5, 0.6) is 0 Å². The third-order valence-corrected chi connectivity index (χ3v) is 5.61. The Morgan fingerprint density at radius 2 is 1.88 bits per heavy atom. The number of aryl methyl sites for hydroxylation is 1. The van der Waals surface area contributed by atoms with Gasteiger partial charge < -0.3 is 4.57 Å². The lowest BCUT2D eigenvalue weighted by molar-refractivity contribution is -0.384. The van der Waals surface area contributed by atoms with E-state index in [1.165, 1.54) is 23.9 Å². The first kappa shape index (κ1) is 15.0. The maximum Gasteiger partial charge on any atom is 0.269 e. The van der Waals surface area contributed by atoms with Gasteiger partial charge in [-0.15, -0.1) is 0 Å². The van der Waals surface area contributed by atoms with Gasteiger partial charge in [0.25, 0.3) is 5.69 Å². The molecule has 0 bridgehead atoms. The molecule has 5 nitrogen and oxygen atoms in total. The number of hydrogen-bond acceptors (Lipinski definition) is 4. The van der Waals surface area contributed by atoms with Gasteiger partial charge in [-0.25, -0.2) is 0 Å². The normalized spacial score (nSPS) is 17.0. The Bertz CT molecular complexity index is 976. The predicted octanol–water partition coefficient (Wildman–Crippen LogP) is 4.24. The standard InChI is InChI=1S/C18H14N2O3S/c1-19-15-5-3-2-4-13(15)17-14(10-16(21)24-18(17)19)11-6-8-12(9-7-11)20(22)23/h2-9,14H,10H2,1H3/t14-/m1/s1. The van der Waals surface area contributed by atoms with Gasteiger partial charge >= 0.3 is 0 Å². The van der Waals surface area contributed by atoms with Crippen molar-refractivity contribution in [1.29, 1.82) is 0 Å². The van der Waals surface area contributed by atoms with Crippen LogP contribution in [0, 0.1) is 10.1 Å². The molecule has 1 aliphatic heterocycles. The van der Waals surface area contributed by atoms with E-state index in [0.717, 1.165) is 27.1 Å². The number of nitro groups is 1. The highest BCUT2D eigenvalue weighted by atomic mass is 32.2. The van der Waals surface area contributed by atoms with Crippen molar-refractivity contribution in [2.45, 2.75) is 17.4 Å². The second-order valence-corrected chi connectivity index (χ2v) is 6.92. The Hall–Kier alpha value is -2.60. The Morgan fingerprint density at radius 1 is 1.17 bits per heavy atom. The van der Waals surface area contributed by atoms with E-state index in [-0.39, 0.29) is 16.7 Å². The van der Waals surface area contributed by atoms with Gasteiger partial charge in [-0.05, 0) is 23.4 Å². The van der Waals surface area contributed by atoms with E-state index in [1.807, 2.05) is 25.2 Å². The van der Waals surface area contributed by atoms with Gasteiger partial charge in [0, 0.05) is 48.0 Å². The topological polar surface area (TPSA) is 65.1 Å². The summed E-state index contributed by atoms with van der Waals surface area (Å²) < 4.78 is 2.06. The van der Waals surface area contributed by atoms with Crippen molar-refractivity contribution >= 4 is 33.5 Å². The van der Waals surface area contributed by atoms with Crippen LogP contribution in [-0.4, -0.2) is 14.6 Å². The molecule has 0 unspecified atom stereocenters. The molecule has 0 aliphatic carbocycles. The summed E-state index contributed by atoms with van der Waals surface area (Å²) in [5, 5.41) is 13.1. The summed E-state index contributed by atoms with van der Waals surface area (Å²) >= 11 is 1.29. The summed E-state index contributed by atoms with van der Waals surface area (Å²) in [7, 11) is 1.97. The first-order valence-corrected chi connectivity index (χ1v) is 8.40. The molecule has 2 aromatic carbocycles. The molecule has 0 saturated heterocycles. The zero-order valence-electron chi connectivity index (χ0n) is 12.9. The Kier molecular flexibility index (Phi) is 3.42. The van der Waals surface area contributed by atoms with Gasteiger partial charge in [-0.1, -0.05) is 30.3 Å². The van der Waals surface area contributed by atoms with Crippen LogP contribution < -0.4 is 0 Å². The van der Waals surface area contributed by atoms with Crippen LogP contribution in [0.15, 0.2) is 53.6 Å². The molecule has 1 atom stereocenters. The zero-order valence-corrected chi connectivity index (χ0v) is 13.7. The van der Waals surface area contributed by atoms with Crippen molar-refractivity contribution < 1.29 is 9.72 Å². The number of nitrogens with zero attached hydrogens (tertiary/aromatic N) is 2. The van der Waals surface area contributed by atoms with Crippen LogP contribution in [0.4, 0.5) is 5.69 Å². The van der Waals surface area contributed by atoms with Crippen LogP contribution in [0.2, 0.25) is 0 Å². The molecule has 0 fully saturated rings. The smallest absolute Gasteiger partial charge is 0.269 e.